The van der Waals surface area contributed by atoms with Gasteiger partial charge in [-0.3, -0.25) is 9.10 Å². The van der Waals surface area contributed by atoms with Gasteiger partial charge in [0.1, 0.15) is 5.75 Å². The van der Waals surface area contributed by atoms with E-state index in [9.17, 15) is 13.2 Å². The highest BCUT2D eigenvalue weighted by atomic mass is 32.2. The molecule has 0 aliphatic carbocycles. The van der Waals surface area contributed by atoms with Crippen LogP contribution in [0.1, 0.15) is 29.3 Å². The minimum atomic E-state index is -3.87. The molecule has 1 aromatic heterocycles. The van der Waals surface area contributed by atoms with Crippen molar-refractivity contribution in [2.45, 2.75) is 24.8 Å². The number of amides is 1. The van der Waals surface area contributed by atoms with Gasteiger partial charge in [-0.2, -0.15) is 0 Å². The van der Waals surface area contributed by atoms with Crippen molar-refractivity contribution in [1.29, 1.82) is 0 Å². The fourth-order valence-electron chi connectivity index (χ4n) is 3.05. The summed E-state index contributed by atoms with van der Waals surface area (Å²) in [4.78, 5) is 17.0. The number of benzene rings is 2. The summed E-state index contributed by atoms with van der Waals surface area (Å²) in [7, 11) is -0.866. The molecule has 0 saturated heterocycles. The zero-order valence-corrected chi connectivity index (χ0v) is 19.6. The fraction of sp³-hybridized carbons (Fsp3) is 0.250. The summed E-state index contributed by atoms with van der Waals surface area (Å²) in [5.74, 6) is 0.696. The second kappa shape index (κ2) is 10.8. The van der Waals surface area contributed by atoms with Crippen molar-refractivity contribution in [2.24, 2.45) is 0 Å². The predicted octanol–water partition coefficient (Wildman–Crippen LogP) is 3.63. The Hall–Kier alpha value is -3.59. The fourth-order valence-corrected chi connectivity index (χ4v) is 4.29. The maximum Gasteiger partial charge on any atom is 0.264 e. The second-order valence-corrected chi connectivity index (χ2v) is 9.17. The third kappa shape index (κ3) is 5.81. The molecule has 9 heteroatoms. The standard InChI is InChI=1S/C24H27N3O5S/c1-4-15-32-24-19(8-6-14-25-24)17-26-23(28)18-7-5-9-22(16-18)33(29,30)27(2)20-10-12-21(31-3)13-11-20/h5-14,16H,4,15,17H2,1-3H3,(H,26,28). The molecule has 174 valence electrons. The number of hydrogen-bond donors (Lipinski definition) is 1. The van der Waals surface area contributed by atoms with Crippen molar-refractivity contribution in [1.82, 2.24) is 10.3 Å². The number of ether oxygens (including phenoxy) is 2. The molecule has 3 aromatic rings. The Morgan fingerprint density at radius 2 is 1.85 bits per heavy atom. The van der Waals surface area contributed by atoms with Gasteiger partial charge in [0.2, 0.25) is 5.88 Å². The Bertz CT molecular complexity index is 1200. The largest absolute Gasteiger partial charge is 0.497 e. The van der Waals surface area contributed by atoms with E-state index in [-0.39, 0.29) is 17.0 Å². The number of carbonyl (C=O) groups is 1. The first-order valence-corrected chi connectivity index (χ1v) is 11.9. The van der Waals surface area contributed by atoms with E-state index >= 15 is 0 Å². The Balaban J connectivity index is 1.75. The minimum Gasteiger partial charge on any atom is -0.497 e. The van der Waals surface area contributed by atoms with Crippen LogP contribution in [-0.2, 0) is 16.6 Å². The molecule has 0 radical (unpaired) electrons. The predicted molar refractivity (Wildman–Crippen MR) is 126 cm³/mol. The minimum absolute atomic E-state index is 0.0156. The van der Waals surface area contributed by atoms with Crippen molar-refractivity contribution in [3.8, 4) is 11.6 Å². The second-order valence-electron chi connectivity index (χ2n) is 7.20. The van der Waals surface area contributed by atoms with Gasteiger partial charge < -0.3 is 14.8 Å². The SMILES string of the molecule is CCCOc1ncccc1CNC(=O)c1cccc(S(=O)(=O)N(C)c2ccc(OC)cc2)c1. The third-order valence-electron chi connectivity index (χ3n) is 4.92. The van der Waals surface area contributed by atoms with Crippen LogP contribution in [-0.4, -0.2) is 40.1 Å². The van der Waals surface area contributed by atoms with E-state index in [0.717, 1.165) is 16.3 Å². The number of pyridine rings is 1. The molecule has 1 N–H and O–H groups in total. The van der Waals surface area contributed by atoms with Crippen LogP contribution in [0.4, 0.5) is 5.69 Å². The highest BCUT2D eigenvalue weighted by Crippen LogP contribution is 2.25. The lowest BCUT2D eigenvalue weighted by Crippen LogP contribution is -2.27. The summed E-state index contributed by atoms with van der Waals surface area (Å²) in [6.07, 6.45) is 2.47. The number of nitrogens with zero attached hydrogens (tertiary/aromatic N) is 2. The zero-order chi connectivity index (χ0) is 23.8. The maximum absolute atomic E-state index is 13.1. The zero-order valence-electron chi connectivity index (χ0n) is 18.8. The Kier molecular flexibility index (Phi) is 7.89. The van der Waals surface area contributed by atoms with E-state index in [1.54, 1.807) is 55.8 Å². The van der Waals surface area contributed by atoms with Gasteiger partial charge in [0.25, 0.3) is 15.9 Å². The van der Waals surface area contributed by atoms with Crippen molar-refractivity contribution >= 4 is 21.6 Å². The van der Waals surface area contributed by atoms with E-state index < -0.39 is 15.9 Å². The highest BCUT2D eigenvalue weighted by Gasteiger charge is 2.22. The summed E-state index contributed by atoms with van der Waals surface area (Å²) < 4.78 is 38.1. The number of carbonyl (C=O) groups excluding carboxylic acids is 1. The van der Waals surface area contributed by atoms with Crippen LogP contribution in [0.2, 0.25) is 0 Å². The molecular formula is C24H27N3O5S. The third-order valence-corrected chi connectivity index (χ3v) is 6.70. The lowest BCUT2D eigenvalue weighted by atomic mass is 10.2. The molecule has 33 heavy (non-hydrogen) atoms. The highest BCUT2D eigenvalue weighted by molar-refractivity contribution is 7.92. The van der Waals surface area contributed by atoms with Gasteiger partial charge in [0.15, 0.2) is 0 Å². The van der Waals surface area contributed by atoms with Gasteiger partial charge in [0, 0.05) is 30.9 Å². The topological polar surface area (TPSA) is 97.8 Å². The molecule has 2 aromatic carbocycles. The van der Waals surface area contributed by atoms with E-state index in [1.807, 2.05) is 13.0 Å². The molecule has 0 bridgehead atoms. The first-order chi connectivity index (χ1) is 15.9. The van der Waals surface area contributed by atoms with Crippen LogP contribution in [0, 0.1) is 0 Å². The Morgan fingerprint density at radius 3 is 2.55 bits per heavy atom. The molecule has 0 spiro atoms. The van der Waals surface area contributed by atoms with Crippen molar-refractivity contribution in [3.05, 3.63) is 78.0 Å². The number of aromatic nitrogens is 1. The first kappa shape index (κ1) is 24.1. The average Bonchev–Trinajstić information content (AvgIpc) is 2.86. The van der Waals surface area contributed by atoms with Crippen molar-refractivity contribution in [3.63, 3.8) is 0 Å². The van der Waals surface area contributed by atoms with Crippen LogP contribution in [0.15, 0.2) is 71.8 Å². The van der Waals surface area contributed by atoms with Gasteiger partial charge >= 0.3 is 0 Å². The quantitative estimate of drug-likeness (QED) is 0.487. The smallest absolute Gasteiger partial charge is 0.264 e. The summed E-state index contributed by atoms with van der Waals surface area (Å²) in [5.41, 5.74) is 1.45. The van der Waals surface area contributed by atoms with E-state index in [2.05, 4.69) is 10.3 Å². The number of anilines is 1. The van der Waals surface area contributed by atoms with E-state index in [4.69, 9.17) is 9.47 Å². The normalized spacial score (nSPS) is 11.0. The molecule has 0 unspecified atom stereocenters. The monoisotopic (exact) mass is 469 g/mol. The molecule has 0 aliphatic heterocycles. The number of hydrogen-bond acceptors (Lipinski definition) is 6. The maximum atomic E-state index is 13.1. The van der Waals surface area contributed by atoms with Gasteiger partial charge in [-0.15, -0.1) is 0 Å². The molecule has 0 aliphatic rings. The Morgan fingerprint density at radius 1 is 1.09 bits per heavy atom. The van der Waals surface area contributed by atoms with Crippen LogP contribution >= 0.6 is 0 Å². The molecule has 0 atom stereocenters. The average molecular weight is 470 g/mol. The van der Waals surface area contributed by atoms with Gasteiger partial charge in [-0.25, -0.2) is 13.4 Å². The number of nitrogens with one attached hydrogen (secondary N) is 1. The van der Waals surface area contributed by atoms with E-state index in [1.165, 1.54) is 19.2 Å². The first-order valence-electron chi connectivity index (χ1n) is 10.4. The molecule has 0 saturated carbocycles. The molecule has 1 heterocycles. The summed E-state index contributed by atoms with van der Waals surface area (Å²) in [6.45, 7) is 2.73. The van der Waals surface area contributed by atoms with Gasteiger partial charge in [-0.1, -0.05) is 19.1 Å². The molecule has 0 fully saturated rings. The lowest BCUT2D eigenvalue weighted by Gasteiger charge is -2.20. The molecule has 8 nitrogen and oxygen atoms in total. The lowest BCUT2D eigenvalue weighted by molar-refractivity contribution is 0.0950. The number of sulfonamides is 1. The van der Waals surface area contributed by atoms with Crippen LogP contribution in [0.5, 0.6) is 11.6 Å². The number of rotatable bonds is 10. The molecule has 3 rings (SSSR count). The van der Waals surface area contributed by atoms with Crippen molar-refractivity contribution < 1.29 is 22.7 Å². The van der Waals surface area contributed by atoms with Gasteiger partial charge in [-0.05, 0) is 55.0 Å². The Labute approximate surface area is 194 Å². The number of methoxy groups -OCH3 is 1. The van der Waals surface area contributed by atoms with Crippen LogP contribution < -0.4 is 19.1 Å². The summed E-state index contributed by atoms with van der Waals surface area (Å²) >= 11 is 0. The summed E-state index contributed by atoms with van der Waals surface area (Å²) in [5, 5.41) is 2.80. The summed E-state index contributed by atoms with van der Waals surface area (Å²) in [6, 6.07) is 16.2. The van der Waals surface area contributed by atoms with Gasteiger partial charge in [0.05, 0.1) is 24.3 Å². The van der Waals surface area contributed by atoms with Crippen LogP contribution in [0.3, 0.4) is 0 Å². The molecular weight excluding hydrogens is 442 g/mol. The van der Waals surface area contributed by atoms with Crippen LogP contribution in [0.25, 0.3) is 0 Å². The van der Waals surface area contributed by atoms with Crippen molar-refractivity contribution in [2.75, 3.05) is 25.1 Å². The van der Waals surface area contributed by atoms with E-state index in [0.29, 0.717) is 23.9 Å². The molecule has 1 amide bonds.